The topological polar surface area (TPSA) is 50.5 Å². The van der Waals surface area contributed by atoms with E-state index in [9.17, 15) is 0 Å². The lowest BCUT2D eigenvalue weighted by Crippen LogP contribution is -2.43. The highest BCUT2D eigenvalue weighted by atomic mass is 16.5. The molecule has 0 radical (unpaired) electrons. The van der Waals surface area contributed by atoms with Crippen LogP contribution in [0.4, 0.5) is 0 Å². The van der Waals surface area contributed by atoms with E-state index in [0.29, 0.717) is 12.1 Å². The fourth-order valence-corrected chi connectivity index (χ4v) is 3.17. The van der Waals surface area contributed by atoms with Gasteiger partial charge in [-0.15, -0.1) is 0 Å². The molecule has 0 amide bonds. The monoisotopic (exact) mass is 313 g/mol. The van der Waals surface area contributed by atoms with Crippen molar-refractivity contribution in [3.05, 3.63) is 0 Å². The first-order valence-corrected chi connectivity index (χ1v) is 9.49. The van der Waals surface area contributed by atoms with Crippen molar-refractivity contribution >= 4 is 0 Å². The molecule has 3 rings (SSSR count). The molecule has 2 heterocycles. The standard InChI is InChI=1S/C11H23N3.C5H10O.C2H6/c12-11-3-7-14(8-4-11)9-10-1-5-13-6-2-10;1-6-5-3-2-4-5;1-2/h10-11,13H,1-9,12H2;5H,2-4H2,1H3;1-2H3. The van der Waals surface area contributed by atoms with Crippen molar-refractivity contribution in [3.63, 3.8) is 0 Å². The normalized spacial score (nSPS) is 24.5. The molecule has 2 aliphatic heterocycles. The predicted molar refractivity (Wildman–Crippen MR) is 95.2 cm³/mol. The van der Waals surface area contributed by atoms with E-state index in [2.05, 4.69) is 10.2 Å². The second-order valence-electron chi connectivity index (χ2n) is 6.62. The lowest BCUT2D eigenvalue weighted by molar-refractivity contribution is 0.0412. The van der Waals surface area contributed by atoms with E-state index < -0.39 is 0 Å². The summed E-state index contributed by atoms with van der Waals surface area (Å²) in [6, 6.07) is 0.472. The van der Waals surface area contributed by atoms with Gasteiger partial charge in [0.2, 0.25) is 0 Å². The zero-order valence-corrected chi connectivity index (χ0v) is 15.2. The van der Waals surface area contributed by atoms with Gasteiger partial charge in [0, 0.05) is 19.7 Å². The van der Waals surface area contributed by atoms with Crippen LogP contribution in [0.1, 0.15) is 58.8 Å². The molecule has 0 atom stereocenters. The minimum Gasteiger partial charge on any atom is -0.381 e. The van der Waals surface area contributed by atoms with Gasteiger partial charge in [-0.05, 0) is 77.0 Å². The lowest BCUT2D eigenvalue weighted by atomic mass is 9.96. The van der Waals surface area contributed by atoms with E-state index in [-0.39, 0.29) is 0 Å². The number of methoxy groups -OCH3 is 1. The molecule has 0 aromatic rings. The van der Waals surface area contributed by atoms with Gasteiger partial charge in [-0.3, -0.25) is 0 Å². The molecule has 4 heteroatoms. The molecule has 2 saturated heterocycles. The van der Waals surface area contributed by atoms with Gasteiger partial charge in [0.05, 0.1) is 6.10 Å². The Morgan fingerprint density at radius 1 is 1.00 bits per heavy atom. The summed E-state index contributed by atoms with van der Waals surface area (Å²) in [5.74, 6) is 0.936. The van der Waals surface area contributed by atoms with Crippen LogP contribution in [0.2, 0.25) is 0 Å². The van der Waals surface area contributed by atoms with Crippen LogP contribution in [0.15, 0.2) is 0 Å². The predicted octanol–water partition coefficient (Wildman–Crippen LogP) is 2.62. The van der Waals surface area contributed by atoms with E-state index in [1.807, 2.05) is 13.8 Å². The maximum Gasteiger partial charge on any atom is 0.0571 e. The SMILES string of the molecule is CC.COC1CCC1.NC1CCN(CC2CCNCC2)CC1. The Morgan fingerprint density at radius 2 is 1.59 bits per heavy atom. The fraction of sp³-hybridized carbons (Fsp3) is 1.00. The van der Waals surface area contributed by atoms with Gasteiger partial charge in [0.1, 0.15) is 0 Å². The van der Waals surface area contributed by atoms with Crippen LogP contribution in [-0.2, 0) is 4.74 Å². The van der Waals surface area contributed by atoms with Crippen LogP contribution < -0.4 is 11.1 Å². The van der Waals surface area contributed by atoms with E-state index in [4.69, 9.17) is 10.5 Å². The summed E-state index contributed by atoms with van der Waals surface area (Å²) < 4.78 is 4.99. The number of nitrogens with one attached hydrogen (secondary N) is 1. The van der Waals surface area contributed by atoms with E-state index >= 15 is 0 Å². The summed E-state index contributed by atoms with van der Waals surface area (Å²) in [4.78, 5) is 2.61. The van der Waals surface area contributed by atoms with E-state index in [0.717, 1.165) is 5.92 Å². The fourth-order valence-electron chi connectivity index (χ4n) is 3.17. The minimum atomic E-state index is 0.472. The first-order chi connectivity index (χ1) is 10.8. The van der Waals surface area contributed by atoms with Crippen LogP contribution in [-0.4, -0.2) is 56.9 Å². The molecule has 22 heavy (non-hydrogen) atoms. The largest absolute Gasteiger partial charge is 0.381 e. The van der Waals surface area contributed by atoms with Gasteiger partial charge in [0.15, 0.2) is 0 Å². The highest BCUT2D eigenvalue weighted by molar-refractivity contribution is 4.78. The summed E-state index contributed by atoms with van der Waals surface area (Å²) in [7, 11) is 1.78. The molecule has 132 valence electrons. The van der Waals surface area contributed by atoms with Crippen molar-refractivity contribution in [1.82, 2.24) is 10.2 Å². The van der Waals surface area contributed by atoms with Crippen molar-refractivity contribution in [1.29, 1.82) is 0 Å². The van der Waals surface area contributed by atoms with E-state index in [1.54, 1.807) is 7.11 Å². The molecule has 0 bridgehead atoms. The van der Waals surface area contributed by atoms with Crippen molar-refractivity contribution in [3.8, 4) is 0 Å². The molecule has 0 spiro atoms. The van der Waals surface area contributed by atoms with Crippen LogP contribution in [0, 0.1) is 5.92 Å². The highest BCUT2D eigenvalue weighted by Crippen LogP contribution is 2.20. The Kier molecular flexibility index (Phi) is 11.1. The van der Waals surface area contributed by atoms with Crippen molar-refractivity contribution in [2.24, 2.45) is 11.7 Å². The Balaban J connectivity index is 0.000000253. The summed E-state index contributed by atoms with van der Waals surface area (Å²) in [6.45, 7) is 10.2. The Morgan fingerprint density at radius 3 is 2.00 bits per heavy atom. The lowest BCUT2D eigenvalue weighted by Gasteiger charge is -2.34. The Labute approximate surface area is 138 Å². The minimum absolute atomic E-state index is 0.472. The Hall–Kier alpha value is -0.160. The van der Waals surface area contributed by atoms with Crippen molar-refractivity contribution < 1.29 is 4.74 Å². The third-order valence-electron chi connectivity index (χ3n) is 4.99. The third kappa shape index (κ3) is 7.91. The number of ether oxygens (including phenoxy) is 1. The van der Waals surface area contributed by atoms with Crippen LogP contribution >= 0.6 is 0 Å². The van der Waals surface area contributed by atoms with Gasteiger partial charge in [-0.25, -0.2) is 0 Å². The number of hydrogen-bond donors (Lipinski definition) is 2. The number of rotatable bonds is 3. The quantitative estimate of drug-likeness (QED) is 0.841. The first-order valence-electron chi connectivity index (χ1n) is 9.49. The molecule has 1 saturated carbocycles. The summed E-state index contributed by atoms with van der Waals surface area (Å²) in [6.07, 6.45) is 9.69. The smallest absolute Gasteiger partial charge is 0.0571 e. The van der Waals surface area contributed by atoms with E-state index in [1.165, 1.54) is 77.7 Å². The van der Waals surface area contributed by atoms with Gasteiger partial charge in [-0.2, -0.15) is 0 Å². The van der Waals surface area contributed by atoms with Gasteiger partial charge in [-0.1, -0.05) is 13.8 Å². The zero-order chi connectivity index (χ0) is 16.2. The molecule has 3 fully saturated rings. The third-order valence-corrected chi connectivity index (χ3v) is 4.99. The van der Waals surface area contributed by atoms with Crippen molar-refractivity contribution in [2.45, 2.75) is 70.9 Å². The number of piperidine rings is 2. The second kappa shape index (κ2) is 12.3. The van der Waals surface area contributed by atoms with Crippen LogP contribution in [0.5, 0.6) is 0 Å². The summed E-state index contributed by atoms with van der Waals surface area (Å²) in [5, 5.41) is 3.42. The second-order valence-corrected chi connectivity index (χ2v) is 6.62. The summed E-state index contributed by atoms with van der Waals surface area (Å²) >= 11 is 0. The molecule has 4 nitrogen and oxygen atoms in total. The molecule has 1 aliphatic carbocycles. The number of likely N-dealkylation sites (tertiary alicyclic amines) is 1. The number of nitrogens with two attached hydrogens (primary N) is 1. The molecule has 3 N–H and O–H groups in total. The molecule has 0 unspecified atom stereocenters. The first kappa shape index (κ1) is 19.9. The average molecular weight is 314 g/mol. The average Bonchev–Trinajstić information content (AvgIpc) is 2.52. The molecule has 0 aromatic heterocycles. The highest BCUT2D eigenvalue weighted by Gasteiger charge is 2.20. The maximum atomic E-state index is 5.89. The van der Waals surface area contributed by atoms with Gasteiger partial charge < -0.3 is 20.7 Å². The maximum absolute atomic E-state index is 5.89. The zero-order valence-electron chi connectivity index (χ0n) is 15.2. The van der Waals surface area contributed by atoms with Crippen LogP contribution in [0.3, 0.4) is 0 Å². The molecule has 0 aromatic carbocycles. The van der Waals surface area contributed by atoms with Gasteiger partial charge in [0.25, 0.3) is 0 Å². The summed E-state index contributed by atoms with van der Waals surface area (Å²) in [5.41, 5.74) is 5.89. The van der Waals surface area contributed by atoms with Gasteiger partial charge >= 0.3 is 0 Å². The Bertz CT molecular complexity index is 242. The number of nitrogens with zero attached hydrogens (tertiary/aromatic N) is 1. The molecule has 3 aliphatic rings. The van der Waals surface area contributed by atoms with Crippen LogP contribution in [0.25, 0.3) is 0 Å². The molecular weight excluding hydrogens is 274 g/mol. The molecular formula is C18H39N3O. The number of hydrogen-bond acceptors (Lipinski definition) is 4. The van der Waals surface area contributed by atoms with Crippen molar-refractivity contribution in [2.75, 3.05) is 39.8 Å².